The summed E-state index contributed by atoms with van der Waals surface area (Å²) in [5.74, 6) is -1.05. The van der Waals surface area contributed by atoms with Gasteiger partial charge in [0.25, 0.3) is 0 Å². The number of thioether (sulfide) groups is 1. The number of allylic oxidation sites excluding steroid dienone is 1. The number of amidine groups is 1. The van der Waals surface area contributed by atoms with Gasteiger partial charge < -0.3 is 9.47 Å². The van der Waals surface area contributed by atoms with E-state index in [9.17, 15) is 14.0 Å². The molecule has 1 saturated heterocycles. The van der Waals surface area contributed by atoms with Gasteiger partial charge in [0.05, 0.1) is 29.2 Å². The van der Waals surface area contributed by atoms with Gasteiger partial charge >= 0.3 is 5.97 Å². The van der Waals surface area contributed by atoms with Crippen LogP contribution in [0.1, 0.15) is 31.9 Å². The van der Waals surface area contributed by atoms with Gasteiger partial charge in [-0.05, 0) is 31.0 Å². The van der Waals surface area contributed by atoms with Crippen molar-refractivity contribution in [3.05, 3.63) is 46.9 Å². The third-order valence-corrected chi connectivity index (χ3v) is 5.77. The average Bonchev–Trinajstić information content (AvgIpc) is 2.96. The average molecular weight is 392 g/mol. The second kappa shape index (κ2) is 8.22. The number of halogens is 1. The van der Waals surface area contributed by atoms with E-state index in [1.165, 1.54) is 35.9 Å². The van der Waals surface area contributed by atoms with Crippen molar-refractivity contribution in [1.82, 2.24) is 4.90 Å². The molecule has 27 heavy (non-hydrogen) atoms. The molecule has 2 heterocycles. The summed E-state index contributed by atoms with van der Waals surface area (Å²) in [7, 11) is 1.52. The molecule has 8 heteroatoms. The summed E-state index contributed by atoms with van der Waals surface area (Å²) in [6.45, 7) is 4.02. The highest BCUT2D eigenvalue weighted by molar-refractivity contribution is 8.15. The highest BCUT2D eigenvalue weighted by Crippen LogP contribution is 2.43. The van der Waals surface area contributed by atoms with Crippen molar-refractivity contribution >= 4 is 28.8 Å². The Bertz CT molecular complexity index is 806. The van der Waals surface area contributed by atoms with E-state index in [0.717, 1.165) is 0 Å². The van der Waals surface area contributed by atoms with Gasteiger partial charge in [-0.25, -0.2) is 14.2 Å². The van der Waals surface area contributed by atoms with Gasteiger partial charge in [-0.3, -0.25) is 9.69 Å². The second-order valence-electron chi connectivity index (χ2n) is 6.20. The van der Waals surface area contributed by atoms with E-state index in [1.54, 1.807) is 19.1 Å². The number of fused-ring (bicyclic) bond motifs is 1. The predicted octanol–water partition coefficient (Wildman–Crippen LogP) is 3.05. The molecule has 1 fully saturated rings. The highest BCUT2D eigenvalue weighted by Gasteiger charge is 2.47. The first-order valence-electron chi connectivity index (χ1n) is 8.68. The topological polar surface area (TPSA) is 68.2 Å². The van der Waals surface area contributed by atoms with Crippen LogP contribution in [0.2, 0.25) is 0 Å². The molecule has 2 atom stereocenters. The first-order valence-corrected chi connectivity index (χ1v) is 9.56. The van der Waals surface area contributed by atoms with Crippen molar-refractivity contribution in [2.45, 2.75) is 31.6 Å². The second-order valence-corrected chi connectivity index (χ2v) is 7.37. The molecule has 2 aliphatic rings. The predicted molar refractivity (Wildman–Crippen MR) is 101 cm³/mol. The molecule has 0 unspecified atom stereocenters. The number of carbonyl (C=O) groups excluding carboxylic acids is 2. The maximum Gasteiger partial charge on any atom is 0.338 e. The van der Waals surface area contributed by atoms with E-state index in [0.29, 0.717) is 22.8 Å². The van der Waals surface area contributed by atoms with Crippen LogP contribution in [0.5, 0.6) is 0 Å². The number of ether oxygens (including phenoxy) is 2. The summed E-state index contributed by atoms with van der Waals surface area (Å²) in [5, 5.41) is 0.315. The molecule has 0 saturated carbocycles. The number of rotatable bonds is 6. The zero-order valence-electron chi connectivity index (χ0n) is 15.4. The van der Waals surface area contributed by atoms with Crippen molar-refractivity contribution in [3.8, 4) is 0 Å². The number of hydrogen-bond donors (Lipinski definition) is 0. The quantitative estimate of drug-likeness (QED) is 0.550. The molecule has 0 N–H and O–H groups in total. The molecular formula is C19H21FN2O4S. The molecule has 0 radical (unpaired) electrons. The lowest BCUT2D eigenvalue weighted by Gasteiger charge is -2.33. The Hall–Kier alpha value is -2.19. The molecule has 6 nitrogen and oxygen atoms in total. The van der Waals surface area contributed by atoms with Crippen molar-refractivity contribution in [1.29, 1.82) is 0 Å². The Labute approximate surface area is 161 Å². The van der Waals surface area contributed by atoms with E-state index < -0.39 is 12.0 Å². The standard InChI is InChI=1S/C19H21FN2O4S/c1-4-14-17(23)22-16(12-5-7-13(20)8-6-12)15(11(2)21-19(22)27-14)18(24)26-10-9-25-3/h5-8,14,16H,4,9-10H2,1-3H3/t14-,16-/m0/s1. The summed E-state index contributed by atoms with van der Waals surface area (Å²) in [6, 6.07) is 5.10. The van der Waals surface area contributed by atoms with E-state index in [4.69, 9.17) is 9.47 Å². The first kappa shape index (κ1) is 19.6. The fourth-order valence-corrected chi connectivity index (χ4v) is 4.24. The zero-order chi connectivity index (χ0) is 19.6. The summed E-state index contributed by atoms with van der Waals surface area (Å²) in [4.78, 5) is 31.7. The number of esters is 1. The summed E-state index contributed by atoms with van der Waals surface area (Å²) < 4.78 is 23.6. The van der Waals surface area contributed by atoms with Crippen LogP contribution in [0, 0.1) is 5.82 Å². The van der Waals surface area contributed by atoms with Crippen LogP contribution in [0.4, 0.5) is 4.39 Å². The molecule has 0 spiro atoms. The Morgan fingerprint density at radius 3 is 2.63 bits per heavy atom. The lowest BCUT2D eigenvalue weighted by molar-refractivity contribution is -0.141. The third-order valence-electron chi connectivity index (χ3n) is 4.45. The van der Waals surface area contributed by atoms with Crippen molar-refractivity contribution < 1.29 is 23.5 Å². The molecule has 144 valence electrons. The van der Waals surface area contributed by atoms with Crippen molar-refractivity contribution in [2.75, 3.05) is 20.3 Å². The van der Waals surface area contributed by atoms with Crippen LogP contribution in [-0.4, -0.2) is 47.5 Å². The minimum atomic E-state index is -0.690. The smallest absolute Gasteiger partial charge is 0.338 e. The number of benzene rings is 1. The van der Waals surface area contributed by atoms with Gasteiger partial charge in [-0.2, -0.15) is 0 Å². The molecule has 3 rings (SSSR count). The minimum absolute atomic E-state index is 0.0963. The summed E-state index contributed by atoms with van der Waals surface area (Å²) in [5.41, 5.74) is 1.41. The molecule has 0 aromatic heterocycles. The molecule has 2 aliphatic heterocycles. The van der Waals surface area contributed by atoms with Crippen LogP contribution in [0.25, 0.3) is 0 Å². The fraction of sp³-hybridized carbons (Fsp3) is 0.421. The van der Waals surface area contributed by atoms with Gasteiger partial charge in [0, 0.05) is 7.11 Å². The molecule has 1 aromatic rings. The maximum absolute atomic E-state index is 13.4. The Balaban J connectivity index is 2.03. The lowest BCUT2D eigenvalue weighted by Crippen LogP contribution is -2.40. The Kier molecular flexibility index (Phi) is 5.96. The van der Waals surface area contributed by atoms with E-state index in [-0.39, 0.29) is 35.8 Å². The maximum atomic E-state index is 13.4. The van der Waals surface area contributed by atoms with E-state index in [1.807, 2.05) is 6.92 Å². The molecular weight excluding hydrogens is 371 g/mol. The lowest BCUT2D eigenvalue weighted by atomic mass is 9.94. The van der Waals surface area contributed by atoms with Crippen LogP contribution in [-0.2, 0) is 19.1 Å². The van der Waals surface area contributed by atoms with Gasteiger partial charge in [0.1, 0.15) is 12.4 Å². The monoisotopic (exact) mass is 392 g/mol. The summed E-state index contributed by atoms with van der Waals surface area (Å²) >= 11 is 1.39. The highest BCUT2D eigenvalue weighted by atomic mass is 32.2. The SMILES string of the molecule is CC[C@@H]1SC2=NC(C)=C(C(=O)OCCOC)[C@H](c3ccc(F)cc3)N2C1=O. The normalized spacial score (nSPS) is 22.0. The van der Waals surface area contributed by atoms with Crippen LogP contribution in [0.15, 0.2) is 40.5 Å². The molecule has 0 aliphatic carbocycles. The number of nitrogens with zero attached hydrogens (tertiary/aromatic N) is 2. The number of amides is 1. The number of methoxy groups -OCH3 is 1. The van der Waals surface area contributed by atoms with Crippen LogP contribution < -0.4 is 0 Å². The fourth-order valence-electron chi connectivity index (χ4n) is 3.11. The van der Waals surface area contributed by atoms with Gasteiger partial charge in [-0.1, -0.05) is 30.8 Å². The van der Waals surface area contributed by atoms with Gasteiger partial charge in [0.15, 0.2) is 5.17 Å². The Morgan fingerprint density at radius 2 is 2.00 bits per heavy atom. The van der Waals surface area contributed by atoms with E-state index >= 15 is 0 Å². The zero-order valence-corrected chi connectivity index (χ0v) is 16.2. The number of aliphatic imine (C=N–C) groups is 1. The largest absolute Gasteiger partial charge is 0.460 e. The van der Waals surface area contributed by atoms with Gasteiger partial charge in [0.2, 0.25) is 5.91 Å². The number of hydrogen-bond acceptors (Lipinski definition) is 6. The molecule has 1 amide bonds. The summed E-state index contributed by atoms with van der Waals surface area (Å²) in [6.07, 6.45) is 0.655. The van der Waals surface area contributed by atoms with Crippen molar-refractivity contribution in [2.24, 2.45) is 4.99 Å². The number of carbonyl (C=O) groups is 2. The third kappa shape index (κ3) is 3.77. The molecule has 0 bridgehead atoms. The van der Waals surface area contributed by atoms with Gasteiger partial charge in [-0.15, -0.1) is 0 Å². The minimum Gasteiger partial charge on any atom is -0.460 e. The first-order chi connectivity index (χ1) is 13.0. The Morgan fingerprint density at radius 1 is 1.30 bits per heavy atom. The van der Waals surface area contributed by atoms with Crippen LogP contribution in [0.3, 0.4) is 0 Å². The van der Waals surface area contributed by atoms with E-state index in [2.05, 4.69) is 4.99 Å². The molecule has 1 aromatic carbocycles. The van der Waals surface area contributed by atoms with Crippen LogP contribution >= 0.6 is 11.8 Å². The van der Waals surface area contributed by atoms with Crippen molar-refractivity contribution in [3.63, 3.8) is 0 Å².